The van der Waals surface area contributed by atoms with E-state index in [1.807, 2.05) is 0 Å². The van der Waals surface area contributed by atoms with Crippen molar-refractivity contribution in [3.63, 3.8) is 0 Å². The summed E-state index contributed by atoms with van der Waals surface area (Å²) in [6.45, 7) is 1.99. The lowest BCUT2D eigenvalue weighted by Gasteiger charge is -2.13. The van der Waals surface area contributed by atoms with E-state index in [2.05, 4.69) is 20.2 Å². The van der Waals surface area contributed by atoms with Gasteiger partial charge >= 0.3 is 0 Å². The quantitative estimate of drug-likeness (QED) is 0.947. The van der Waals surface area contributed by atoms with Crippen LogP contribution in [0.15, 0.2) is 24.4 Å². The molecule has 1 aliphatic rings. The van der Waals surface area contributed by atoms with Gasteiger partial charge in [-0.1, -0.05) is 29.0 Å². The third-order valence-electron chi connectivity index (χ3n) is 3.08. The lowest BCUT2D eigenvalue weighted by molar-refractivity contribution is 0.102. The van der Waals surface area contributed by atoms with Crippen molar-refractivity contribution in [1.82, 2.24) is 9.97 Å². The molecule has 1 aliphatic heterocycles. The van der Waals surface area contributed by atoms with Crippen molar-refractivity contribution in [2.24, 2.45) is 0 Å². The SMILES string of the molecule is O=C(Nc1nc(Cl)c(N2CCCC2)s1)c1ccccn1. The molecule has 0 bridgehead atoms. The summed E-state index contributed by atoms with van der Waals surface area (Å²) in [5.74, 6) is -0.274. The van der Waals surface area contributed by atoms with Crippen molar-refractivity contribution in [1.29, 1.82) is 0 Å². The van der Waals surface area contributed by atoms with Crippen LogP contribution >= 0.6 is 22.9 Å². The molecule has 1 N–H and O–H groups in total. The number of carbonyl (C=O) groups excluding carboxylic acids is 1. The van der Waals surface area contributed by atoms with E-state index in [0.717, 1.165) is 18.1 Å². The third kappa shape index (κ3) is 2.76. The van der Waals surface area contributed by atoms with Crippen molar-refractivity contribution in [2.75, 3.05) is 23.3 Å². The number of hydrogen-bond donors (Lipinski definition) is 1. The van der Waals surface area contributed by atoms with Crippen LogP contribution in [0.25, 0.3) is 0 Å². The Labute approximate surface area is 125 Å². The van der Waals surface area contributed by atoms with Crippen molar-refractivity contribution in [3.8, 4) is 0 Å². The van der Waals surface area contributed by atoms with Crippen LogP contribution in [0.4, 0.5) is 10.1 Å². The van der Waals surface area contributed by atoms with E-state index < -0.39 is 0 Å². The van der Waals surface area contributed by atoms with E-state index in [9.17, 15) is 4.79 Å². The van der Waals surface area contributed by atoms with E-state index >= 15 is 0 Å². The fourth-order valence-corrected chi connectivity index (χ4v) is 3.40. The molecule has 2 aromatic rings. The molecule has 1 fully saturated rings. The molecule has 0 atom stereocenters. The maximum Gasteiger partial charge on any atom is 0.276 e. The van der Waals surface area contributed by atoms with Gasteiger partial charge < -0.3 is 4.90 Å². The van der Waals surface area contributed by atoms with E-state index in [0.29, 0.717) is 16.0 Å². The Bertz CT molecular complexity index is 610. The molecular weight excluding hydrogens is 296 g/mol. The Morgan fingerprint density at radius 1 is 1.35 bits per heavy atom. The average molecular weight is 309 g/mol. The number of carbonyl (C=O) groups is 1. The fourth-order valence-electron chi connectivity index (χ4n) is 2.12. The molecular formula is C13H13ClN4OS. The first kappa shape index (κ1) is 13.3. The van der Waals surface area contributed by atoms with Crippen LogP contribution in [0, 0.1) is 0 Å². The van der Waals surface area contributed by atoms with E-state index in [-0.39, 0.29) is 5.91 Å². The molecule has 1 amide bonds. The number of amides is 1. The third-order valence-corrected chi connectivity index (χ3v) is 4.49. The normalized spacial score (nSPS) is 14.6. The first-order valence-electron chi connectivity index (χ1n) is 6.38. The summed E-state index contributed by atoms with van der Waals surface area (Å²) in [4.78, 5) is 22.4. The summed E-state index contributed by atoms with van der Waals surface area (Å²) < 4.78 is 0. The zero-order valence-electron chi connectivity index (χ0n) is 10.7. The highest BCUT2D eigenvalue weighted by Gasteiger charge is 2.20. The molecule has 20 heavy (non-hydrogen) atoms. The van der Waals surface area contributed by atoms with Gasteiger partial charge in [-0.2, -0.15) is 0 Å². The summed E-state index contributed by atoms with van der Waals surface area (Å²) in [5, 5.41) is 4.63. The van der Waals surface area contributed by atoms with Crippen LogP contribution < -0.4 is 10.2 Å². The number of rotatable bonds is 3. The summed E-state index contributed by atoms with van der Waals surface area (Å²) >= 11 is 7.55. The number of anilines is 2. The molecule has 104 valence electrons. The highest BCUT2D eigenvalue weighted by atomic mass is 35.5. The number of nitrogens with one attached hydrogen (secondary N) is 1. The Morgan fingerprint density at radius 3 is 2.85 bits per heavy atom. The number of hydrogen-bond acceptors (Lipinski definition) is 5. The summed E-state index contributed by atoms with van der Waals surface area (Å²) in [6.07, 6.45) is 3.92. The van der Waals surface area contributed by atoms with Crippen LogP contribution in [-0.4, -0.2) is 29.0 Å². The van der Waals surface area contributed by atoms with Gasteiger partial charge in [-0.3, -0.25) is 15.1 Å². The fraction of sp³-hybridized carbons (Fsp3) is 0.308. The molecule has 1 saturated heterocycles. The first-order valence-corrected chi connectivity index (χ1v) is 7.57. The van der Waals surface area contributed by atoms with Gasteiger partial charge in [-0.15, -0.1) is 0 Å². The largest absolute Gasteiger partial charge is 0.361 e. The van der Waals surface area contributed by atoms with E-state index in [4.69, 9.17) is 11.6 Å². The predicted molar refractivity (Wildman–Crippen MR) is 80.8 cm³/mol. The number of halogens is 1. The molecule has 0 aromatic carbocycles. The zero-order valence-corrected chi connectivity index (χ0v) is 12.2. The van der Waals surface area contributed by atoms with Gasteiger partial charge in [-0.25, -0.2) is 4.98 Å². The Kier molecular flexibility index (Phi) is 3.84. The van der Waals surface area contributed by atoms with Gasteiger partial charge in [-0.05, 0) is 25.0 Å². The number of nitrogens with zero attached hydrogens (tertiary/aromatic N) is 3. The van der Waals surface area contributed by atoms with E-state index in [1.165, 1.54) is 24.2 Å². The first-order chi connectivity index (χ1) is 9.74. The molecule has 2 aromatic heterocycles. The minimum absolute atomic E-state index is 0.274. The lowest BCUT2D eigenvalue weighted by atomic mass is 10.3. The molecule has 0 unspecified atom stereocenters. The topological polar surface area (TPSA) is 58.1 Å². The van der Waals surface area contributed by atoms with Crippen molar-refractivity contribution in [2.45, 2.75) is 12.8 Å². The van der Waals surface area contributed by atoms with Gasteiger partial charge in [0.15, 0.2) is 10.3 Å². The molecule has 7 heteroatoms. The van der Waals surface area contributed by atoms with Crippen molar-refractivity contribution >= 4 is 39.0 Å². The second kappa shape index (κ2) is 5.76. The monoisotopic (exact) mass is 308 g/mol. The summed E-state index contributed by atoms with van der Waals surface area (Å²) in [7, 11) is 0. The van der Waals surface area contributed by atoms with Gasteiger partial charge in [0.05, 0.1) is 0 Å². The zero-order chi connectivity index (χ0) is 13.9. The summed E-state index contributed by atoms with van der Waals surface area (Å²) in [5.41, 5.74) is 0.363. The van der Waals surface area contributed by atoms with Crippen LogP contribution in [0.1, 0.15) is 23.3 Å². The molecule has 5 nitrogen and oxygen atoms in total. The molecule has 0 saturated carbocycles. The minimum Gasteiger partial charge on any atom is -0.361 e. The van der Waals surface area contributed by atoms with Crippen LogP contribution in [0.2, 0.25) is 5.15 Å². The highest BCUT2D eigenvalue weighted by molar-refractivity contribution is 7.20. The van der Waals surface area contributed by atoms with E-state index in [1.54, 1.807) is 24.4 Å². The van der Waals surface area contributed by atoms with Gasteiger partial charge in [0.2, 0.25) is 0 Å². The van der Waals surface area contributed by atoms with Gasteiger partial charge in [0, 0.05) is 19.3 Å². The number of aromatic nitrogens is 2. The molecule has 3 rings (SSSR count). The molecule has 3 heterocycles. The highest BCUT2D eigenvalue weighted by Crippen LogP contribution is 2.37. The second-order valence-electron chi connectivity index (χ2n) is 4.48. The van der Waals surface area contributed by atoms with Crippen molar-refractivity contribution in [3.05, 3.63) is 35.2 Å². The van der Waals surface area contributed by atoms with Gasteiger partial charge in [0.1, 0.15) is 10.7 Å². The summed E-state index contributed by atoms with van der Waals surface area (Å²) in [6, 6.07) is 5.20. The Hall–Kier alpha value is -1.66. The molecule has 0 spiro atoms. The number of thiazole rings is 1. The standard InChI is InChI=1S/C13H13ClN4OS/c14-10-12(18-7-3-4-8-18)20-13(16-10)17-11(19)9-5-1-2-6-15-9/h1-2,5-6H,3-4,7-8H2,(H,16,17,19). The average Bonchev–Trinajstić information content (AvgIpc) is 3.09. The minimum atomic E-state index is -0.274. The van der Waals surface area contributed by atoms with Crippen LogP contribution in [-0.2, 0) is 0 Å². The van der Waals surface area contributed by atoms with Gasteiger partial charge in [0.25, 0.3) is 5.91 Å². The maximum absolute atomic E-state index is 12.0. The lowest BCUT2D eigenvalue weighted by Crippen LogP contribution is -2.16. The maximum atomic E-state index is 12.0. The Morgan fingerprint density at radius 2 is 2.15 bits per heavy atom. The van der Waals surface area contributed by atoms with Crippen LogP contribution in [0.3, 0.4) is 0 Å². The van der Waals surface area contributed by atoms with Crippen LogP contribution in [0.5, 0.6) is 0 Å². The second-order valence-corrected chi connectivity index (χ2v) is 5.81. The smallest absolute Gasteiger partial charge is 0.276 e. The van der Waals surface area contributed by atoms with Crippen molar-refractivity contribution < 1.29 is 4.79 Å². The molecule has 0 radical (unpaired) electrons. The molecule has 0 aliphatic carbocycles. The number of pyridine rings is 1. The predicted octanol–water partition coefficient (Wildman–Crippen LogP) is 3.04. The Balaban J connectivity index is 1.75.